The zero-order valence-corrected chi connectivity index (χ0v) is 13.1. The molecule has 1 atom stereocenters. The van der Waals surface area contributed by atoms with Crippen LogP contribution in [0.1, 0.15) is 10.4 Å². The number of hydrogen-bond acceptors (Lipinski definition) is 4. The Kier molecular flexibility index (Phi) is 5.72. The van der Waals surface area contributed by atoms with Crippen molar-refractivity contribution in [3.05, 3.63) is 36.0 Å². The highest BCUT2D eigenvalue weighted by Gasteiger charge is 2.19. The molecule has 0 saturated carbocycles. The molecule has 0 aliphatic carbocycles. The number of nitrogens with zero attached hydrogens (tertiary/aromatic N) is 1. The lowest BCUT2D eigenvalue weighted by molar-refractivity contribution is -0.148. The van der Waals surface area contributed by atoms with Gasteiger partial charge in [-0.3, -0.25) is 4.79 Å². The van der Waals surface area contributed by atoms with Crippen LogP contribution in [0.5, 0.6) is 0 Å². The number of carbonyl (C=O) groups is 2. The maximum atomic E-state index is 12.4. The van der Waals surface area contributed by atoms with E-state index in [4.69, 9.17) is 14.6 Å². The van der Waals surface area contributed by atoms with E-state index in [9.17, 15) is 9.59 Å². The van der Waals surface area contributed by atoms with E-state index in [0.29, 0.717) is 18.7 Å². The predicted molar refractivity (Wildman–Crippen MR) is 84.6 cm³/mol. The first kappa shape index (κ1) is 17.0. The molecular formula is C16H20N2O5. The Bertz CT molecular complexity index is 695. The minimum atomic E-state index is -1.12. The van der Waals surface area contributed by atoms with E-state index in [2.05, 4.69) is 5.32 Å². The number of aliphatic carboxylic acids is 1. The number of carboxylic acid groups (broad SMARTS) is 1. The fourth-order valence-corrected chi connectivity index (χ4v) is 2.35. The number of ether oxygens (including phenoxy) is 2. The van der Waals surface area contributed by atoms with Crippen LogP contribution in [0.3, 0.4) is 0 Å². The van der Waals surface area contributed by atoms with Gasteiger partial charge in [0.1, 0.15) is 0 Å². The zero-order valence-electron chi connectivity index (χ0n) is 13.1. The van der Waals surface area contributed by atoms with E-state index < -0.39 is 12.1 Å². The molecule has 2 rings (SSSR count). The quantitative estimate of drug-likeness (QED) is 0.761. The normalized spacial score (nSPS) is 12.3. The first-order valence-electron chi connectivity index (χ1n) is 7.19. The monoisotopic (exact) mass is 320 g/mol. The van der Waals surface area contributed by atoms with Crippen molar-refractivity contribution in [1.82, 2.24) is 9.88 Å². The minimum absolute atomic E-state index is 0.0950. The Hall–Kier alpha value is -2.38. The summed E-state index contributed by atoms with van der Waals surface area (Å²) in [7, 11) is 2.91. The fourth-order valence-electron chi connectivity index (χ4n) is 2.35. The topological polar surface area (TPSA) is 89.8 Å². The van der Waals surface area contributed by atoms with Crippen LogP contribution < -0.4 is 5.32 Å². The number of rotatable bonds is 8. The van der Waals surface area contributed by atoms with Gasteiger partial charge in [0.25, 0.3) is 5.91 Å². The van der Waals surface area contributed by atoms with Crippen molar-refractivity contribution in [3.8, 4) is 0 Å². The van der Waals surface area contributed by atoms with Gasteiger partial charge >= 0.3 is 5.97 Å². The number of carboxylic acids is 1. The summed E-state index contributed by atoms with van der Waals surface area (Å²) in [6, 6.07) is 7.54. The van der Waals surface area contributed by atoms with Crippen LogP contribution in [-0.4, -0.2) is 55.0 Å². The summed E-state index contributed by atoms with van der Waals surface area (Å²) in [6.45, 7) is 1.06. The third-order valence-corrected chi connectivity index (χ3v) is 3.58. The van der Waals surface area contributed by atoms with Crippen LogP contribution in [-0.2, 0) is 20.8 Å². The lowest BCUT2D eigenvalue weighted by Gasteiger charge is -2.11. The number of methoxy groups -OCH3 is 2. The van der Waals surface area contributed by atoms with Crippen LogP contribution in [0.4, 0.5) is 0 Å². The average Bonchev–Trinajstić information content (AvgIpc) is 2.92. The van der Waals surface area contributed by atoms with Gasteiger partial charge in [-0.25, -0.2) is 4.79 Å². The molecule has 124 valence electrons. The minimum Gasteiger partial charge on any atom is -0.479 e. The molecule has 1 aromatic carbocycles. The molecule has 0 aliphatic rings. The van der Waals surface area contributed by atoms with Gasteiger partial charge in [-0.1, -0.05) is 18.2 Å². The second kappa shape index (κ2) is 7.75. The first-order valence-corrected chi connectivity index (χ1v) is 7.19. The van der Waals surface area contributed by atoms with Crippen molar-refractivity contribution < 1.29 is 24.2 Å². The summed E-state index contributed by atoms with van der Waals surface area (Å²) in [5.41, 5.74) is 1.42. The van der Waals surface area contributed by atoms with Crippen LogP contribution >= 0.6 is 0 Å². The van der Waals surface area contributed by atoms with Gasteiger partial charge in [0.2, 0.25) is 0 Å². The molecule has 2 N–H and O–H groups in total. The molecule has 7 nitrogen and oxygen atoms in total. The van der Waals surface area contributed by atoms with E-state index in [-0.39, 0.29) is 12.5 Å². The van der Waals surface area contributed by atoms with E-state index >= 15 is 0 Å². The molecule has 0 radical (unpaired) electrons. The Morgan fingerprint density at radius 3 is 2.70 bits per heavy atom. The van der Waals surface area contributed by atoms with E-state index in [1.54, 1.807) is 13.3 Å². The first-order chi connectivity index (χ1) is 11.1. The van der Waals surface area contributed by atoms with E-state index in [1.165, 1.54) is 7.11 Å². The summed E-state index contributed by atoms with van der Waals surface area (Å²) >= 11 is 0. The molecule has 0 spiro atoms. The summed E-state index contributed by atoms with van der Waals surface area (Å²) in [6.07, 6.45) is 0.683. The Morgan fingerprint density at radius 2 is 2.04 bits per heavy atom. The standard InChI is InChI=1S/C16H20N2O5/c1-22-8-7-18-10-12(11-5-3-4-6-13(11)18)15(19)17-9-14(23-2)16(20)21/h3-6,10,14H,7-9H2,1-2H3,(H,17,19)(H,20,21). The maximum absolute atomic E-state index is 12.4. The molecule has 1 unspecified atom stereocenters. The largest absolute Gasteiger partial charge is 0.479 e. The summed E-state index contributed by atoms with van der Waals surface area (Å²) in [5.74, 6) is -1.45. The molecular weight excluding hydrogens is 300 g/mol. The number of para-hydroxylation sites is 1. The highest BCUT2D eigenvalue weighted by Crippen LogP contribution is 2.21. The third-order valence-electron chi connectivity index (χ3n) is 3.58. The van der Waals surface area contributed by atoms with Crippen molar-refractivity contribution >= 4 is 22.8 Å². The second-order valence-corrected chi connectivity index (χ2v) is 5.02. The molecule has 1 heterocycles. The number of amides is 1. The SMILES string of the molecule is COCCn1cc(C(=O)NCC(OC)C(=O)O)c2ccccc21. The zero-order chi connectivity index (χ0) is 16.8. The molecule has 0 aliphatic heterocycles. The molecule has 0 fully saturated rings. The lowest BCUT2D eigenvalue weighted by Crippen LogP contribution is -2.37. The van der Waals surface area contributed by atoms with Gasteiger partial charge in [-0.05, 0) is 6.07 Å². The van der Waals surface area contributed by atoms with Crippen LogP contribution in [0.2, 0.25) is 0 Å². The van der Waals surface area contributed by atoms with Crippen molar-refractivity contribution in [2.24, 2.45) is 0 Å². The van der Waals surface area contributed by atoms with E-state index in [1.807, 2.05) is 28.8 Å². The average molecular weight is 320 g/mol. The Morgan fingerprint density at radius 1 is 1.30 bits per heavy atom. The molecule has 1 aromatic heterocycles. The number of carbonyl (C=O) groups excluding carboxylic acids is 1. The van der Waals surface area contributed by atoms with Gasteiger partial charge in [0.15, 0.2) is 6.10 Å². The van der Waals surface area contributed by atoms with Crippen molar-refractivity contribution in [2.45, 2.75) is 12.6 Å². The number of nitrogens with one attached hydrogen (secondary N) is 1. The summed E-state index contributed by atoms with van der Waals surface area (Å²) < 4.78 is 11.8. The third kappa shape index (κ3) is 3.88. The Balaban J connectivity index is 2.21. The molecule has 2 aromatic rings. The molecule has 0 bridgehead atoms. The molecule has 7 heteroatoms. The highest BCUT2D eigenvalue weighted by atomic mass is 16.5. The molecule has 0 saturated heterocycles. The molecule has 23 heavy (non-hydrogen) atoms. The van der Waals surface area contributed by atoms with Gasteiger partial charge in [0, 0.05) is 37.9 Å². The summed E-state index contributed by atoms with van der Waals surface area (Å²) in [4.78, 5) is 23.3. The van der Waals surface area contributed by atoms with Crippen LogP contribution in [0, 0.1) is 0 Å². The van der Waals surface area contributed by atoms with Crippen molar-refractivity contribution in [2.75, 3.05) is 27.4 Å². The van der Waals surface area contributed by atoms with E-state index in [0.717, 1.165) is 10.9 Å². The smallest absolute Gasteiger partial charge is 0.334 e. The van der Waals surface area contributed by atoms with Gasteiger partial charge in [0.05, 0.1) is 18.7 Å². The number of fused-ring (bicyclic) bond motifs is 1. The summed E-state index contributed by atoms with van der Waals surface area (Å²) in [5, 5.41) is 12.3. The number of benzene rings is 1. The van der Waals surface area contributed by atoms with Crippen molar-refractivity contribution in [3.63, 3.8) is 0 Å². The lowest BCUT2D eigenvalue weighted by atomic mass is 10.1. The highest BCUT2D eigenvalue weighted by molar-refractivity contribution is 6.07. The maximum Gasteiger partial charge on any atom is 0.334 e. The second-order valence-electron chi connectivity index (χ2n) is 5.02. The van der Waals surface area contributed by atoms with Gasteiger partial charge < -0.3 is 24.5 Å². The fraction of sp³-hybridized carbons (Fsp3) is 0.375. The van der Waals surface area contributed by atoms with Gasteiger partial charge in [-0.15, -0.1) is 0 Å². The van der Waals surface area contributed by atoms with Crippen molar-refractivity contribution in [1.29, 1.82) is 0 Å². The van der Waals surface area contributed by atoms with Gasteiger partial charge in [-0.2, -0.15) is 0 Å². The molecule has 1 amide bonds. The predicted octanol–water partition coefficient (Wildman–Crippen LogP) is 1.12. The number of aromatic nitrogens is 1. The van der Waals surface area contributed by atoms with Crippen LogP contribution in [0.15, 0.2) is 30.5 Å². The number of hydrogen-bond donors (Lipinski definition) is 2. The van der Waals surface area contributed by atoms with Crippen LogP contribution in [0.25, 0.3) is 10.9 Å². The Labute approximate surface area is 133 Å².